The highest BCUT2D eigenvalue weighted by atomic mass is 19.1. The van der Waals surface area contributed by atoms with Gasteiger partial charge in [0.15, 0.2) is 0 Å². The third-order valence-electron chi connectivity index (χ3n) is 3.22. The van der Waals surface area contributed by atoms with Crippen LogP contribution in [-0.4, -0.2) is 32.1 Å². The Morgan fingerprint density at radius 1 is 0.840 bits per heavy atom. The van der Waals surface area contributed by atoms with Crippen LogP contribution < -0.4 is 5.32 Å². The van der Waals surface area contributed by atoms with Crippen molar-refractivity contribution in [3.8, 4) is 0 Å². The molecule has 2 rings (SSSR count). The minimum Gasteiger partial charge on any atom is -0.465 e. The number of anilines is 1. The van der Waals surface area contributed by atoms with Crippen molar-refractivity contribution in [2.24, 2.45) is 0 Å². The highest BCUT2D eigenvalue weighted by molar-refractivity contribution is 6.09. The van der Waals surface area contributed by atoms with Gasteiger partial charge in [-0.05, 0) is 30.3 Å². The maximum absolute atomic E-state index is 13.2. The summed E-state index contributed by atoms with van der Waals surface area (Å²) in [4.78, 5) is 35.6. The molecule has 0 bridgehead atoms. The Morgan fingerprint density at radius 3 is 2.00 bits per heavy atom. The van der Waals surface area contributed by atoms with Crippen LogP contribution >= 0.6 is 0 Å². The monoisotopic (exact) mass is 349 g/mol. The summed E-state index contributed by atoms with van der Waals surface area (Å²) in [6.45, 7) is 0. The summed E-state index contributed by atoms with van der Waals surface area (Å²) in [6, 6.07) is 6.07. The Labute approximate surface area is 141 Å². The van der Waals surface area contributed by atoms with Crippen molar-refractivity contribution in [3.63, 3.8) is 0 Å². The zero-order chi connectivity index (χ0) is 18.6. The Morgan fingerprint density at radius 2 is 1.44 bits per heavy atom. The molecule has 0 atom stereocenters. The fourth-order valence-electron chi connectivity index (χ4n) is 2.06. The Hall–Kier alpha value is -3.29. The van der Waals surface area contributed by atoms with E-state index in [4.69, 9.17) is 0 Å². The molecule has 8 heteroatoms. The number of halogens is 2. The number of benzene rings is 2. The van der Waals surface area contributed by atoms with Gasteiger partial charge in [-0.1, -0.05) is 0 Å². The molecule has 0 radical (unpaired) electrons. The second-order valence-corrected chi connectivity index (χ2v) is 4.86. The molecule has 25 heavy (non-hydrogen) atoms. The molecule has 0 aliphatic carbocycles. The van der Waals surface area contributed by atoms with E-state index in [9.17, 15) is 23.2 Å². The minimum atomic E-state index is -0.929. The van der Waals surface area contributed by atoms with E-state index in [1.54, 1.807) is 0 Å². The number of hydrogen-bond acceptors (Lipinski definition) is 5. The molecule has 1 amide bonds. The average Bonchev–Trinajstić information content (AvgIpc) is 2.59. The van der Waals surface area contributed by atoms with E-state index >= 15 is 0 Å². The number of methoxy groups -OCH3 is 2. The highest BCUT2D eigenvalue weighted by Gasteiger charge is 2.18. The highest BCUT2D eigenvalue weighted by Crippen LogP contribution is 2.21. The van der Waals surface area contributed by atoms with Crippen LogP contribution in [0.3, 0.4) is 0 Å². The van der Waals surface area contributed by atoms with Gasteiger partial charge >= 0.3 is 11.9 Å². The van der Waals surface area contributed by atoms with Crippen LogP contribution in [0.25, 0.3) is 0 Å². The first-order valence-electron chi connectivity index (χ1n) is 6.94. The summed E-state index contributed by atoms with van der Waals surface area (Å²) >= 11 is 0. The fourth-order valence-corrected chi connectivity index (χ4v) is 2.06. The van der Waals surface area contributed by atoms with E-state index in [1.165, 1.54) is 25.3 Å². The second-order valence-electron chi connectivity index (χ2n) is 4.86. The number of carbonyl (C=O) groups is 3. The molecule has 0 aliphatic rings. The van der Waals surface area contributed by atoms with Crippen molar-refractivity contribution in [1.82, 2.24) is 0 Å². The van der Waals surface area contributed by atoms with Crippen LogP contribution in [0, 0.1) is 11.6 Å². The lowest BCUT2D eigenvalue weighted by molar-refractivity contribution is 0.0587. The summed E-state index contributed by atoms with van der Waals surface area (Å²) in [5, 5.41) is 2.33. The number of nitrogens with one attached hydrogen (secondary N) is 1. The molecule has 0 spiro atoms. The Bertz CT molecular complexity index is 831. The van der Waals surface area contributed by atoms with Gasteiger partial charge in [0.25, 0.3) is 5.91 Å². The van der Waals surface area contributed by atoms with Gasteiger partial charge in [0.2, 0.25) is 0 Å². The Balaban J connectivity index is 2.42. The van der Waals surface area contributed by atoms with Crippen molar-refractivity contribution in [2.45, 2.75) is 0 Å². The molecule has 2 aromatic rings. The average molecular weight is 349 g/mol. The number of carbonyl (C=O) groups excluding carboxylic acids is 3. The molecule has 0 fully saturated rings. The molecule has 6 nitrogen and oxygen atoms in total. The van der Waals surface area contributed by atoms with Crippen molar-refractivity contribution < 1.29 is 32.6 Å². The van der Waals surface area contributed by atoms with Crippen LogP contribution in [0.15, 0.2) is 36.4 Å². The number of esters is 2. The third kappa shape index (κ3) is 4.17. The van der Waals surface area contributed by atoms with E-state index in [1.807, 2.05) is 0 Å². The third-order valence-corrected chi connectivity index (χ3v) is 3.22. The zero-order valence-electron chi connectivity index (χ0n) is 13.3. The van der Waals surface area contributed by atoms with Crippen molar-refractivity contribution in [3.05, 3.63) is 64.7 Å². The normalized spacial score (nSPS) is 10.1. The van der Waals surface area contributed by atoms with Gasteiger partial charge in [-0.25, -0.2) is 18.4 Å². The largest absolute Gasteiger partial charge is 0.465 e. The van der Waals surface area contributed by atoms with Gasteiger partial charge in [0.05, 0.1) is 31.0 Å². The van der Waals surface area contributed by atoms with E-state index in [-0.39, 0.29) is 22.4 Å². The molecular weight excluding hydrogens is 336 g/mol. The molecule has 0 aromatic heterocycles. The summed E-state index contributed by atoms with van der Waals surface area (Å²) in [7, 11) is 2.31. The first-order valence-corrected chi connectivity index (χ1v) is 6.94. The fraction of sp³-hybridized carbons (Fsp3) is 0.118. The molecule has 0 saturated carbocycles. The predicted octanol–water partition coefficient (Wildman–Crippen LogP) is 2.79. The smallest absolute Gasteiger partial charge is 0.339 e. The molecule has 1 N–H and O–H groups in total. The van der Waals surface area contributed by atoms with E-state index in [2.05, 4.69) is 14.8 Å². The minimum absolute atomic E-state index is 0.0413. The van der Waals surface area contributed by atoms with Crippen LogP contribution in [-0.2, 0) is 9.47 Å². The maximum Gasteiger partial charge on any atom is 0.339 e. The van der Waals surface area contributed by atoms with Gasteiger partial charge in [0, 0.05) is 11.6 Å². The van der Waals surface area contributed by atoms with Crippen molar-refractivity contribution in [2.75, 3.05) is 19.5 Å². The Kier molecular flexibility index (Phi) is 5.43. The molecule has 0 saturated heterocycles. The molecular formula is C17H13F2NO5. The summed E-state index contributed by atoms with van der Waals surface area (Å²) in [5.74, 6) is -4.19. The lowest BCUT2D eigenvalue weighted by atomic mass is 10.1. The van der Waals surface area contributed by atoms with E-state index < -0.39 is 29.5 Å². The van der Waals surface area contributed by atoms with E-state index in [0.717, 1.165) is 19.2 Å². The first-order chi connectivity index (χ1) is 11.8. The maximum atomic E-state index is 13.2. The summed E-state index contributed by atoms with van der Waals surface area (Å²) in [6.07, 6.45) is 0. The molecule has 2 aromatic carbocycles. The summed E-state index contributed by atoms with van der Waals surface area (Å²) < 4.78 is 35.7. The van der Waals surface area contributed by atoms with Crippen molar-refractivity contribution >= 4 is 23.5 Å². The van der Waals surface area contributed by atoms with Gasteiger partial charge < -0.3 is 14.8 Å². The molecule has 0 heterocycles. The molecule has 0 unspecified atom stereocenters. The number of amides is 1. The van der Waals surface area contributed by atoms with Crippen LogP contribution in [0.5, 0.6) is 0 Å². The zero-order valence-corrected chi connectivity index (χ0v) is 13.3. The topological polar surface area (TPSA) is 81.7 Å². The number of ether oxygens (including phenoxy) is 2. The predicted molar refractivity (Wildman–Crippen MR) is 83.4 cm³/mol. The van der Waals surface area contributed by atoms with Crippen LogP contribution in [0.2, 0.25) is 0 Å². The van der Waals surface area contributed by atoms with Gasteiger partial charge in [-0.15, -0.1) is 0 Å². The number of rotatable bonds is 4. The van der Waals surface area contributed by atoms with Gasteiger partial charge in [-0.2, -0.15) is 0 Å². The van der Waals surface area contributed by atoms with Gasteiger partial charge in [-0.3, -0.25) is 4.79 Å². The van der Waals surface area contributed by atoms with E-state index in [0.29, 0.717) is 6.07 Å². The molecule has 0 aliphatic heterocycles. The second kappa shape index (κ2) is 7.52. The van der Waals surface area contributed by atoms with Crippen LogP contribution in [0.1, 0.15) is 31.1 Å². The lowest BCUT2D eigenvalue weighted by Crippen LogP contribution is -2.17. The first kappa shape index (κ1) is 18.1. The van der Waals surface area contributed by atoms with Gasteiger partial charge in [0.1, 0.15) is 11.6 Å². The van der Waals surface area contributed by atoms with Crippen molar-refractivity contribution in [1.29, 1.82) is 0 Å². The SMILES string of the molecule is COC(=O)c1ccc(C(=O)OC)c(NC(=O)c2cc(F)cc(F)c2)c1. The lowest BCUT2D eigenvalue weighted by Gasteiger charge is -2.11. The number of hydrogen-bond donors (Lipinski definition) is 1. The quantitative estimate of drug-likeness (QED) is 0.859. The van der Waals surface area contributed by atoms with Crippen LogP contribution in [0.4, 0.5) is 14.5 Å². The molecule has 130 valence electrons. The summed E-state index contributed by atoms with van der Waals surface area (Å²) in [5.41, 5.74) is -0.336. The standard InChI is InChI=1S/C17H13F2NO5/c1-24-16(22)9-3-4-13(17(23)25-2)14(7-9)20-15(21)10-5-11(18)8-12(19)6-10/h3-8H,1-2H3,(H,20,21).